The number of hydrogen-bond acceptors (Lipinski definition) is 2. The van der Waals surface area contributed by atoms with Crippen LogP contribution in [0, 0.1) is 0 Å². The Morgan fingerprint density at radius 2 is 0.844 bits per heavy atom. The first-order valence-corrected chi connectivity index (χ1v) is 22.8. The predicted octanol–water partition coefficient (Wildman–Crippen LogP) is 16.7. The zero-order valence-corrected chi connectivity index (χ0v) is 36.9. The molecule has 0 fully saturated rings. The van der Waals surface area contributed by atoms with Gasteiger partial charge in [0.15, 0.2) is 0 Å². The molecular weight excluding hydrogens is 773 g/mol. The Labute approximate surface area is 377 Å². The first-order valence-electron chi connectivity index (χ1n) is 22.8. The first-order chi connectivity index (χ1) is 31.3. The summed E-state index contributed by atoms with van der Waals surface area (Å²) >= 11 is 0. The fourth-order valence-corrected chi connectivity index (χ4v) is 11.2. The molecule has 0 saturated carbocycles. The lowest BCUT2D eigenvalue weighted by Crippen LogP contribution is -2.30. The monoisotopic (exact) mass is 822 g/mol. The van der Waals surface area contributed by atoms with E-state index in [9.17, 15) is 0 Å². The molecule has 0 saturated heterocycles. The summed E-state index contributed by atoms with van der Waals surface area (Å²) in [6, 6.07) is 72.4. The predicted molar refractivity (Wildman–Crippen MR) is 271 cm³/mol. The van der Waals surface area contributed by atoms with Gasteiger partial charge in [0.25, 0.3) is 0 Å². The summed E-state index contributed by atoms with van der Waals surface area (Å²) in [6.07, 6.45) is 6.58. The molecule has 12 rings (SSSR count). The van der Waals surface area contributed by atoms with Crippen LogP contribution < -0.4 is 9.80 Å². The number of benzene rings is 9. The second kappa shape index (κ2) is 14.6. The molecule has 3 aliphatic rings. The lowest BCUT2D eigenvalue weighted by Gasteiger charge is -2.42. The van der Waals surface area contributed by atoms with Crippen molar-refractivity contribution in [1.82, 2.24) is 0 Å². The summed E-state index contributed by atoms with van der Waals surface area (Å²) in [5.41, 5.74) is 23.0. The maximum Gasteiger partial charge on any atom is 0.0540 e. The minimum atomic E-state index is -0.154. The van der Waals surface area contributed by atoms with Crippen molar-refractivity contribution in [2.45, 2.75) is 51.4 Å². The Kier molecular flexibility index (Phi) is 8.72. The van der Waals surface area contributed by atoms with Gasteiger partial charge in [-0.15, -0.1) is 0 Å². The zero-order valence-electron chi connectivity index (χ0n) is 36.9. The highest BCUT2D eigenvalue weighted by molar-refractivity contribution is 6.06. The minimum Gasteiger partial charge on any atom is -0.310 e. The quantitative estimate of drug-likeness (QED) is 0.160. The van der Waals surface area contributed by atoms with Crippen molar-refractivity contribution < 1.29 is 0 Å². The molecule has 0 unspecified atom stereocenters. The van der Waals surface area contributed by atoms with Crippen LogP contribution in [0.1, 0.15) is 72.2 Å². The third kappa shape index (κ3) is 5.93. The molecule has 0 bridgehead atoms. The molecule has 64 heavy (non-hydrogen) atoms. The summed E-state index contributed by atoms with van der Waals surface area (Å²) in [7, 11) is 0. The number of nitrogens with zero attached hydrogens (tertiary/aromatic N) is 2. The van der Waals surface area contributed by atoms with E-state index >= 15 is 0 Å². The highest BCUT2D eigenvalue weighted by Crippen LogP contribution is 2.55. The van der Waals surface area contributed by atoms with E-state index in [4.69, 9.17) is 0 Å². The van der Waals surface area contributed by atoms with Gasteiger partial charge in [-0.05, 0) is 127 Å². The molecular formula is C62H50N2. The van der Waals surface area contributed by atoms with Crippen LogP contribution in [0.15, 0.2) is 194 Å². The van der Waals surface area contributed by atoms with Crippen molar-refractivity contribution in [3.8, 4) is 22.3 Å². The number of hydrogen-bond donors (Lipinski definition) is 0. The molecule has 9 aromatic rings. The minimum absolute atomic E-state index is 0.0850. The Morgan fingerprint density at radius 1 is 0.359 bits per heavy atom. The Hall–Kier alpha value is -7.42. The number of para-hydroxylation sites is 4. The number of fused-ring (bicyclic) bond motifs is 8. The van der Waals surface area contributed by atoms with Crippen LogP contribution in [0.2, 0.25) is 0 Å². The van der Waals surface area contributed by atoms with E-state index in [1.807, 2.05) is 0 Å². The van der Waals surface area contributed by atoms with Crippen molar-refractivity contribution in [1.29, 1.82) is 0 Å². The number of rotatable bonds is 5. The van der Waals surface area contributed by atoms with Crippen LogP contribution in [0.4, 0.5) is 34.1 Å². The van der Waals surface area contributed by atoms with Gasteiger partial charge in [-0.3, -0.25) is 0 Å². The maximum atomic E-state index is 2.49. The molecule has 0 spiro atoms. The average Bonchev–Trinajstić information content (AvgIpc) is 3.43. The SMILES string of the molecule is CC1(C)c2cc(/C=C/c3ccc(-c4ccc(N5c6ccccc6CCc6ccccc65)c5ccccc45)cc3)ccc2-c2ccc(N3c4ccccc4C(C)(C)c4ccccc43)cc21. The number of aryl methyl sites for hydroxylation is 2. The van der Waals surface area contributed by atoms with E-state index in [1.54, 1.807) is 0 Å². The van der Waals surface area contributed by atoms with Crippen molar-refractivity contribution in [3.05, 3.63) is 239 Å². The van der Waals surface area contributed by atoms with Crippen molar-refractivity contribution in [2.24, 2.45) is 0 Å². The maximum absolute atomic E-state index is 2.49. The van der Waals surface area contributed by atoms with E-state index in [-0.39, 0.29) is 10.8 Å². The van der Waals surface area contributed by atoms with Gasteiger partial charge in [0.05, 0.1) is 17.1 Å². The molecule has 0 radical (unpaired) electrons. The van der Waals surface area contributed by atoms with E-state index < -0.39 is 0 Å². The van der Waals surface area contributed by atoms with E-state index in [0.717, 1.165) is 12.8 Å². The van der Waals surface area contributed by atoms with E-state index in [0.29, 0.717) is 0 Å². The van der Waals surface area contributed by atoms with Gasteiger partial charge in [-0.2, -0.15) is 0 Å². The second-order valence-corrected chi connectivity index (χ2v) is 18.9. The van der Waals surface area contributed by atoms with Gasteiger partial charge in [0.1, 0.15) is 0 Å². The highest BCUT2D eigenvalue weighted by Gasteiger charge is 2.39. The smallest absolute Gasteiger partial charge is 0.0540 e. The van der Waals surface area contributed by atoms with Crippen LogP contribution in [0.5, 0.6) is 0 Å². The van der Waals surface area contributed by atoms with E-state index in [2.05, 4.69) is 244 Å². The third-order valence-corrected chi connectivity index (χ3v) is 14.5. The Balaban J connectivity index is 0.837. The molecule has 1 aliphatic carbocycles. The largest absolute Gasteiger partial charge is 0.310 e. The summed E-state index contributed by atoms with van der Waals surface area (Å²) in [5, 5.41) is 2.51. The van der Waals surface area contributed by atoms with Crippen LogP contribution >= 0.6 is 0 Å². The van der Waals surface area contributed by atoms with Crippen LogP contribution in [-0.4, -0.2) is 0 Å². The van der Waals surface area contributed by atoms with Gasteiger partial charge in [0.2, 0.25) is 0 Å². The lowest BCUT2D eigenvalue weighted by molar-refractivity contribution is 0.631. The van der Waals surface area contributed by atoms with Gasteiger partial charge in [-0.25, -0.2) is 0 Å². The molecule has 2 heteroatoms. The van der Waals surface area contributed by atoms with Crippen LogP contribution in [-0.2, 0) is 23.7 Å². The molecule has 0 atom stereocenters. The molecule has 2 nitrogen and oxygen atoms in total. The average molecular weight is 823 g/mol. The van der Waals surface area contributed by atoms with Crippen LogP contribution in [0.3, 0.4) is 0 Å². The van der Waals surface area contributed by atoms with Gasteiger partial charge in [-0.1, -0.05) is 192 Å². The molecule has 0 amide bonds. The van der Waals surface area contributed by atoms with E-state index in [1.165, 1.54) is 112 Å². The Bertz CT molecular complexity index is 3250. The lowest BCUT2D eigenvalue weighted by atomic mass is 9.73. The molecule has 9 aromatic carbocycles. The molecule has 308 valence electrons. The summed E-state index contributed by atoms with van der Waals surface area (Å²) in [5.74, 6) is 0. The van der Waals surface area contributed by atoms with Gasteiger partial charge < -0.3 is 9.80 Å². The fraction of sp³-hybridized carbons (Fsp3) is 0.129. The molecule has 0 aromatic heterocycles. The van der Waals surface area contributed by atoms with Crippen molar-refractivity contribution in [2.75, 3.05) is 9.80 Å². The summed E-state index contributed by atoms with van der Waals surface area (Å²) in [4.78, 5) is 4.96. The molecule has 0 N–H and O–H groups in total. The topological polar surface area (TPSA) is 6.48 Å². The summed E-state index contributed by atoms with van der Waals surface area (Å²) in [6.45, 7) is 9.47. The second-order valence-electron chi connectivity index (χ2n) is 18.9. The van der Waals surface area contributed by atoms with Gasteiger partial charge >= 0.3 is 0 Å². The standard InChI is InChI=1S/C62H50N2/c1-61(2)52-19-9-13-23-59(52)63(60-24-14-10-20-53(60)61)46-34-36-50-49-35-29-42(39-54(49)62(3,4)55(50)40-46)26-25-41-27-30-43(31-28-41)47-37-38-58(51-18-8-7-17-48(47)51)64-56-21-11-5-15-44(56)32-33-45-16-6-12-22-57(45)64/h5-31,34-40H,32-33H2,1-4H3/b26-25+. The number of anilines is 6. The van der Waals surface area contributed by atoms with Crippen molar-refractivity contribution in [3.63, 3.8) is 0 Å². The van der Waals surface area contributed by atoms with Crippen molar-refractivity contribution >= 4 is 57.0 Å². The first kappa shape index (κ1) is 38.3. The normalized spacial score (nSPS) is 15.2. The fourth-order valence-electron chi connectivity index (χ4n) is 11.2. The van der Waals surface area contributed by atoms with Gasteiger partial charge in [0, 0.05) is 33.3 Å². The Morgan fingerprint density at radius 3 is 1.50 bits per heavy atom. The summed E-state index contributed by atoms with van der Waals surface area (Å²) < 4.78 is 0. The van der Waals surface area contributed by atoms with Crippen LogP contribution in [0.25, 0.3) is 45.2 Å². The third-order valence-electron chi connectivity index (χ3n) is 14.5. The highest BCUT2D eigenvalue weighted by atomic mass is 15.2. The molecule has 2 heterocycles. The zero-order chi connectivity index (χ0) is 43.2. The molecule has 2 aliphatic heterocycles.